The molecule has 0 unspecified atom stereocenters. The first-order valence-electron chi connectivity index (χ1n) is 5.17. The Morgan fingerprint density at radius 2 is 2.18 bits per heavy atom. The summed E-state index contributed by atoms with van der Waals surface area (Å²) in [6.45, 7) is 1.89. The summed E-state index contributed by atoms with van der Waals surface area (Å²) in [4.78, 5) is 23.1. The SMILES string of the molecule is CCCC(=O)N(C)c1cc([N+](=O)[O-])ccc1Cl. The van der Waals surface area contributed by atoms with Crippen LogP contribution in [0, 0.1) is 10.1 Å². The van der Waals surface area contributed by atoms with Gasteiger partial charge in [-0.3, -0.25) is 14.9 Å². The van der Waals surface area contributed by atoms with Gasteiger partial charge >= 0.3 is 0 Å². The minimum atomic E-state index is -0.516. The van der Waals surface area contributed by atoms with Crippen molar-refractivity contribution in [3.8, 4) is 0 Å². The Labute approximate surface area is 104 Å². The molecule has 1 rings (SSSR count). The number of hydrogen-bond acceptors (Lipinski definition) is 3. The number of nitro benzene ring substituents is 1. The minimum absolute atomic E-state index is 0.0828. The molecule has 6 heteroatoms. The molecule has 1 aromatic rings. The summed E-state index contributed by atoms with van der Waals surface area (Å²) in [5.41, 5.74) is 0.278. The van der Waals surface area contributed by atoms with E-state index in [-0.39, 0.29) is 11.6 Å². The molecule has 1 aromatic carbocycles. The molecule has 0 fully saturated rings. The largest absolute Gasteiger partial charge is 0.314 e. The average Bonchev–Trinajstić information content (AvgIpc) is 2.28. The standard InChI is InChI=1S/C11H13ClN2O3/c1-3-4-11(15)13(2)10-7-8(14(16)17)5-6-9(10)12/h5-7H,3-4H2,1-2H3. The second-order valence-electron chi connectivity index (χ2n) is 3.60. The molecule has 1 amide bonds. The summed E-state index contributed by atoms with van der Waals surface area (Å²) in [6.07, 6.45) is 1.10. The van der Waals surface area contributed by atoms with Gasteiger partial charge in [-0.1, -0.05) is 18.5 Å². The predicted molar refractivity (Wildman–Crippen MR) is 66.4 cm³/mol. The first-order valence-corrected chi connectivity index (χ1v) is 5.55. The quantitative estimate of drug-likeness (QED) is 0.614. The smallest absolute Gasteiger partial charge is 0.271 e. The molecule has 0 radical (unpaired) electrons. The first kappa shape index (κ1) is 13.4. The van der Waals surface area contributed by atoms with Gasteiger partial charge in [-0.25, -0.2) is 0 Å². The summed E-state index contributed by atoms with van der Waals surface area (Å²) in [7, 11) is 1.56. The molecule has 0 aromatic heterocycles. The third-order valence-electron chi connectivity index (χ3n) is 2.34. The molecule has 17 heavy (non-hydrogen) atoms. The third kappa shape index (κ3) is 3.17. The zero-order chi connectivity index (χ0) is 13.0. The molecule has 0 aliphatic heterocycles. The maximum Gasteiger partial charge on any atom is 0.271 e. The van der Waals surface area contributed by atoms with Crippen molar-refractivity contribution in [3.05, 3.63) is 33.3 Å². The van der Waals surface area contributed by atoms with Gasteiger partial charge in [-0.15, -0.1) is 0 Å². The highest BCUT2D eigenvalue weighted by molar-refractivity contribution is 6.33. The predicted octanol–water partition coefficient (Wildman–Crippen LogP) is 3.01. The normalized spacial score (nSPS) is 10.1. The van der Waals surface area contributed by atoms with Crippen molar-refractivity contribution in [1.82, 2.24) is 0 Å². The molecular formula is C11H13ClN2O3. The highest BCUT2D eigenvalue weighted by atomic mass is 35.5. The number of non-ortho nitro benzene ring substituents is 1. The summed E-state index contributed by atoms with van der Waals surface area (Å²) >= 11 is 5.92. The van der Waals surface area contributed by atoms with E-state index in [1.807, 2.05) is 6.92 Å². The van der Waals surface area contributed by atoms with E-state index in [0.717, 1.165) is 6.42 Å². The van der Waals surface area contributed by atoms with Crippen molar-refractivity contribution in [3.63, 3.8) is 0 Å². The highest BCUT2D eigenvalue weighted by Gasteiger charge is 2.16. The van der Waals surface area contributed by atoms with Gasteiger partial charge in [0.1, 0.15) is 0 Å². The van der Waals surface area contributed by atoms with E-state index in [0.29, 0.717) is 17.1 Å². The third-order valence-corrected chi connectivity index (χ3v) is 2.66. The van der Waals surface area contributed by atoms with Crippen LogP contribution in [0.1, 0.15) is 19.8 Å². The Kier molecular flexibility index (Phi) is 4.45. The minimum Gasteiger partial charge on any atom is -0.314 e. The van der Waals surface area contributed by atoms with Crippen LogP contribution < -0.4 is 4.90 Å². The highest BCUT2D eigenvalue weighted by Crippen LogP contribution is 2.29. The van der Waals surface area contributed by atoms with Crippen LogP contribution in [0.25, 0.3) is 0 Å². The fourth-order valence-electron chi connectivity index (χ4n) is 1.39. The summed E-state index contributed by atoms with van der Waals surface area (Å²) in [5.74, 6) is -0.116. The summed E-state index contributed by atoms with van der Waals surface area (Å²) in [5, 5.41) is 11.0. The van der Waals surface area contributed by atoms with E-state index < -0.39 is 4.92 Å². The van der Waals surface area contributed by atoms with Crippen molar-refractivity contribution < 1.29 is 9.72 Å². The van der Waals surface area contributed by atoms with Gasteiger partial charge in [0.25, 0.3) is 5.69 Å². The number of anilines is 1. The average molecular weight is 257 g/mol. The topological polar surface area (TPSA) is 63.5 Å². The maximum atomic E-state index is 11.7. The van der Waals surface area contributed by atoms with Gasteiger partial charge in [0.15, 0.2) is 0 Å². The van der Waals surface area contributed by atoms with Crippen molar-refractivity contribution in [2.24, 2.45) is 0 Å². The Bertz CT molecular complexity index is 448. The molecular weight excluding hydrogens is 244 g/mol. The lowest BCUT2D eigenvalue weighted by Crippen LogP contribution is -2.26. The number of halogens is 1. The molecule has 0 saturated heterocycles. The fraction of sp³-hybridized carbons (Fsp3) is 0.364. The zero-order valence-corrected chi connectivity index (χ0v) is 10.4. The Balaban J connectivity index is 3.07. The molecule has 0 heterocycles. The molecule has 0 saturated carbocycles. The number of rotatable bonds is 4. The molecule has 0 N–H and O–H groups in total. The van der Waals surface area contributed by atoms with Crippen molar-refractivity contribution in [2.45, 2.75) is 19.8 Å². The van der Waals surface area contributed by atoms with Crippen LogP contribution >= 0.6 is 11.6 Å². The van der Waals surface area contributed by atoms with Crippen LogP contribution in [0.4, 0.5) is 11.4 Å². The molecule has 92 valence electrons. The van der Waals surface area contributed by atoms with E-state index in [1.54, 1.807) is 7.05 Å². The summed E-state index contributed by atoms with van der Waals surface area (Å²) < 4.78 is 0. The number of carbonyl (C=O) groups excluding carboxylic acids is 1. The van der Waals surface area contributed by atoms with Gasteiger partial charge in [0, 0.05) is 25.6 Å². The number of benzene rings is 1. The van der Waals surface area contributed by atoms with Crippen molar-refractivity contribution in [1.29, 1.82) is 0 Å². The number of nitro groups is 1. The molecule has 0 aliphatic carbocycles. The van der Waals surface area contributed by atoms with E-state index in [4.69, 9.17) is 11.6 Å². The van der Waals surface area contributed by atoms with Crippen LogP contribution in [0.2, 0.25) is 5.02 Å². The molecule has 0 atom stereocenters. The van der Waals surface area contributed by atoms with Crippen LogP contribution in [-0.2, 0) is 4.79 Å². The molecule has 0 spiro atoms. The summed E-state index contributed by atoms with van der Waals surface area (Å²) in [6, 6.07) is 4.03. The van der Waals surface area contributed by atoms with Gasteiger partial charge in [0.05, 0.1) is 15.6 Å². The Hall–Kier alpha value is -1.62. The molecule has 0 bridgehead atoms. The number of amides is 1. The number of nitrogens with zero attached hydrogens (tertiary/aromatic N) is 2. The Morgan fingerprint density at radius 3 is 2.71 bits per heavy atom. The van der Waals surface area contributed by atoms with Crippen LogP contribution in [-0.4, -0.2) is 17.9 Å². The lowest BCUT2D eigenvalue weighted by molar-refractivity contribution is -0.384. The fourth-order valence-corrected chi connectivity index (χ4v) is 1.63. The number of hydrogen-bond donors (Lipinski definition) is 0. The lowest BCUT2D eigenvalue weighted by Gasteiger charge is -2.18. The van der Waals surface area contributed by atoms with E-state index in [2.05, 4.69) is 0 Å². The van der Waals surface area contributed by atoms with Gasteiger partial charge in [0.2, 0.25) is 5.91 Å². The van der Waals surface area contributed by atoms with Gasteiger partial charge < -0.3 is 4.90 Å². The second-order valence-corrected chi connectivity index (χ2v) is 4.00. The zero-order valence-electron chi connectivity index (χ0n) is 9.64. The maximum absolute atomic E-state index is 11.7. The van der Waals surface area contributed by atoms with E-state index in [9.17, 15) is 14.9 Å². The van der Waals surface area contributed by atoms with Crippen LogP contribution in [0.5, 0.6) is 0 Å². The van der Waals surface area contributed by atoms with E-state index >= 15 is 0 Å². The first-order chi connectivity index (χ1) is 7.97. The number of carbonyl (C=O) groups is 1. The van der Waals surface area contributed by atoms with Crippen LogP contribution in [0.15, 0.2) is 18.2 Å². The van der Waals surface area contributed by atoms with Crippen molar-refractivity contribution >= 4 is 28.9 Å². The van der Waals surface area contributed by atoms with Gasteiger partial charge in [-0.05, 0) is 12.5 Å². The van der Waals surface area contributed by atoms with Crippen molar-refractivity contribution in [2.75, 3.05) is 11.9 Å². The van der Waals surface area contributed by atoms with E-state index in [1.165, 1.54) is 23.1 Å². The lowest BCUT2D eigenvalue weighted by atomic mass is 10.2. The molecule has 0 aliphatic rings. The monoisotopic (exact) mass is 256 g/mol. The molecule has 5 nitrogen and oxygen atoms in total. The van der Waals surface area contributed by atoms with Gasteiger partial charge in [-0.2, -0.15) is 0 Å². The Morgan fingerprint density at radius 1 is 1.53 bits per heavy atom. The van der Waals surface area contributed by atoms with Crippen LogP contribution in [0.3, 0.4) is 0 Å². The second kappa shape index (κ2) is 5.63.